The van der Waals surface area contributed by atoms with Crippen molar-refractivity contribution in [3.8, 4) is 0 Å². The zero-order valence-corrected chi connectivity index (χ0v) is 12.6. The first kappa shape index (κ1) is 15.1. The molecule has 2 rings (SSSR count). The number of likely N-dealkylation sites (N-methyl/N-ethyl adjacent to an activating group) is 1. The van der Waals surface area contributed by atoms with Gasteiger partial charge in [-0.15, -0.1) is 0 Å². The average Bonchev–Trinajstić information content (AvgIpc) is 2.44. The lowest BCUT2D eigenvalue weighted by molar-refractivity contribution is 0.0915. The van der Waals surface area contributed by atoms with Gasteiger partial charge >= 0.3 is 0 Å². The van der Waals surface area contributed by atoms with Gasteiger partial charge in [-0.2, -0.15) is 0 Å². The topological polar surface area (TPSA) is 54.5 Å². The number of nitrogens with zero attached hydrogens (tertiary/aromatic N) is 3. The normalized spacial score (nSPS) is 21.2. The summed E-state index contributed by atoms with van der Waals surface area (Å²) in [6.45, 7) is 7.43. The van der Waals surface area contributed by atoms with E-state index in [-0.39, 0.29) is 5.56 Å². The van der Waals surface area contributed by atoms with Gasteiger partial charge in [-0.05, 0) is 32.5 Å². The highest BCUT2D eigenvalue weighted by Gasteiger charge is 2.22. The molecule has 112 valence electrons. The van der Waals surface area contributed by atoms with Crippen LogP contribution in [0.15, 0.2) is 23.1 Å². The van der Waals surface area contributed by atoms with Crippen LogP contribution in [0.5, 0.6) is 0 Å². The molecule has 0 radical (unpaired) electrons. The van der Waals surface area contributed by atoms with Crippen molar-refractivity contribution >= 4 is 5.69 Å². The van der Waals surface area contributed by atoms with E-state index in [1.54, 1.807) is 16.8 Å². The molecule has 20 heavy (non-hydrogen) atoms. The Balaban J connectivity index is 1.81. The molecule has 1 aromatic heterocycles. The molecule has 0 aliphatic carbocycles. The van der Waals surface area contributed by atoms with Crippen molar-refractivity contribution in [3.05, 3.63) is 28.7 Å². The van der Waals surface area contributed by atoms with E-state index in [0.717, 1.165) is 39.1 Å². The largest absolute Gasteiger partial charge is 0.398 e. The van der Waals surface area contributed by atoms with Crippen molar-refractivity contribution < 1.29 is 0 Å². The molecule has 1 aromatic rings. The van der Waals surface area contributed by atoms with Crippen molar-refractivity contribution in [3.63, 3.8) is 0 Å². The number of nitrogens with two attached hydrogens (primary N) is 1. The first-order chi connectivity index (χ1) is 9.60. The van der Waals surface area contributed by atoms with Crippen molar-refractivity contribution in [2.24, 2.45) is 0 Å². The van der Waals surface area contributed by atoms with Gasteiger partial charge in [0.25, 0.3) is 5.56 Å². The van der Waals surface area contributed by atoms with Crippen LogP contribution in [0, 0.1) is 0 Å². The number of piperazine rings is 1. The molecule has 2 heterocycles. The SMILES string of the molecule is CCC1CN(CCCn2cc(N)ccc2=O)CCN1C. The Morgan fingerprint density at radius 3 is 2.85 bits per heavy atom. The van der Waals surface area contributed by atoms with Gasteiger partial charge in [0.05, 0.1) is 0 Å². The molecule has 1 saturated heterocycles. The third-order valence-electron chi connectivity index (χ3n) is 4.21. The molecule has 1 atom stereocenters. The second-order valence-electron chi connectivity index (χ2n) is 5.69. The molecule has 0 aromatic carbocycles. The fourth-order valence-corrected chi connectivity index (χ4v) is 2.84. The van der Waals surface area contributed by atoms with Gasteiger partial charge in [-0.1, -0.05) is 6.92 Å². The van der Waals surface area contributed by atoms with Crippen molar-refractivity contribution in [1.82, 2.24) is 14.4 Å². The summed E-state index contributed by atoms with van der Waals surface area (Å²) in [6.07, 6.45) is 3.92. The van der Waals surface area contributed by atoms with Crippen molar-refractivity contribution in [2.75, 3.05) is 39.0 Å². The minimum absolute atomic E-state index is 0.0315. The summed E-state index contributed by atoms with van der Waals surface area (Å²) >= 11 is 0. The Morgan fingerprint density at radius 1 is 1.30 bits per heavy atom. The number of anilines is 1. The Kier molecular flexibility index (Phi) is 5.20. The lowest BCUT2D eigenvalue weighted by Gasteiger charge is -2.39. The molecule has 0 amide bonds. The maximum Gasteiger partial charge on any atom is 0.250 e. The van der Waals surface area contributed by atoms with Crippen LogP contribution in [0.1, 0.15) is 19.8 Å². The fraction of sp³-hybridized carbons (Fsp3) is 0.667. The van der Waals surface area contributed by atoms with Crippen LogP contribution in [0.2, 0.25) is 0 Å². The van der Waals surface area contributed by atoms with E-state index in [2.05, 4.69) is 23.8 Å². The highest BCUT2D eigenvalue weighted by Crippen LogP contribution is 2.11. The Morgan fingerprint density at radius 2 is 2.10 bits per heavy atom. The summed E-state index contributed by atoms with van der Waals surface area (Å²) in [6, 6.07) is 3.86. The highest BCUT2D eigenvalue weighted by molar-refractivity contribution is 5.33. The molecule has 1 unspecified atom stereocenters. The molecule has 5 heteroatoms. The van der Waals surface area contributed by atoms with E-state index in [0.29, 0.717) is 11.7 Å². The molecule has 1 aliphatic rings. The third kappa shape index (κ3) is 3.84. The van der Waals surface area contributed by atoms with Gasteiger partial charge in [0, 0.05) is 50.2 Å². The molecular weight excluding hydrogens is 252 g/mol. The van der Waals surface area contributed by atoms with Crippen LogP contribution in [0.25, 0.3) is 0 Å². The van der Waals surface area contributed by atoms with E-state index < -0.39 is 0 Å². The van der Waals surface area contributed by atoms with Crippen LogP contribution in [-0.4, -0.2) is 53.6 Å². The van der Waals surface area contributed by atoms with Gasteiger partial charge in [0.15, 0.2) is 0 Å². The van der Waals surface area contributed by atoms with Gasteiger partial charge in [-0.3, -0.25) is 4.79 Å². The van der Waals surface area contributed by atoms with E-state index in [9.17, 15) is 4.79 Å². The number of aryl methyl sites for hydroxylation is 1. The molecule has 0 bridgehead atoms. The molecular formula is C15H26N4O. The van der Waals surface area contributed by atoms with Crippen LogP contribution in [-0.2, 0) is 6.54 Å². The number of pyridine rings is 1. The van der Waals surface area contributed by atoms with Gasteiger partial charge in [-0.25, -0.2) is 0 Å². The summed E-state index contributed by atoms with van der Waals surface area (Å²) in [7, 11) is 2.21. The predicted molar refractivity (Wildman–Crippen MR) is 82.9 cm³/mol. The zero-order chi connectivity index (χ0) is 14.5. The smallest absolute Gasteiger partial charge is 0.250 e. The Hall–Kier alpha value is -1.33. The quantitative estimate of drug-likeness (QED) is 0.867. The van der Waals surface area contributed by atoms with Gasteiger partial charge < -0.3 is 20.1 Å². The summed E-state index contributed by atoms with van der Waals surface area (Å²) in [4.78, 5) is 16.6. The molecule has 0 saturated carbocycles. The monoisotopic (exact) mass is 278 g/mol. The van der Waals surface area contributed by atoms with E-state index >= 15 is 0 Å². The second kappa shape index (κ2) is 6.90. The average molecular weight is 278 g/mol. The number of hydrogen-bond acceptors (Lipinski definition) is 4. The van der Waals surface area contributed by atoms with E-state index in [1.165, 1.54) is 12.5 Å². The summed E-state index contributed by atoms with van der Waals surface area (Å²) in [5, 5.41) is 0. The summed E-state index contributed by atoms with van der Waals surface area (Å²) in [5.74, 6) is 0. The van der Waals surface area contributed by atoms with Gasteiger partial charge in [0.1, 0.15) is 0 Å². The van der Waals surface area contributed by atoms with E-state index in [1.807, 2.05) is 0 Å². The summed E-state index contributed by atoms with van der Waals surface area (Å²) < 4.78 is 1.71. The minimum Gasteiger partial charge on any atom is -0.398 e. The van der Waals surface area contributed by atoms with Gasteiger partial charge in [0.2, 0.25) is 0 Å². The first-order valence-corrected chi connectivity index (χ1v) is 7.48. The zero-order valence-electron chi connectivity index (χ0n) is 12.6. The fourth-order valence-electron chi connectivity index (χ4n) is 2.84. The van der Waals surface area contributed by atoms with Crippen LogP contribution in [0.3, 0.4) is 0 Å². The molecule has 2 N–H and O–H groups in total. The third-order valence-corrected chi connectivity index (χ3v) is 4.21. The van der Waals surface area contributed by atoms with Crippen molar-refractivity contribution in [1.29, 1.82) is 0 Å². The molecule has 0 spiro atoms. The van der Waals surface area contributed by atoms with E-state index in [4.69, 9.17) is 5.73 Å². The number of nitrogen functional groups attached to an aromatic ring is 1. The standard InChI is InChI=1S/C15H26N4O/c1-3-14-12-18(10-9-17(14)2)7-4-8-19-11-13(16)5-6-15(19)20/h5-6,11,14H,3-4,7-10,12,16H2,1-2H3. The maximum atomic E-state index is 11.7. The molecule has 5 nitrogen and oxygen atoms in total. The first-order valence-electron chi connectivity index (χ1n) is 7.48. The Bertz CT molecular complexity index is 485. The summed E-state index contributed by atoms with van der Waals surface area (Å²) in [5.41, 5.74) is 6.40. The highest BCUT2D eigenvalue weighted by atomic mass is 16.1. The number of aromatic nitrogens is 1. The van der Waals surface area contributed by atoms with Crippen LogP contribution >= 0.6 is 0 Å². The van der Waals surface area contributed by atoms with Crippen LogP contribution in [0.4, 0.5) is 5.69 Å². The predicted octanol–water partition coefficient (Wildman–Crippen LogP) is 0.847. The lowest BCUT2D eigenvalue weighted by atomic mass is 10.1. The minimum atomic E-state index is 0.0315. The maximum absolute atomic E-state index is 11.7. The number of rotatable bonds is 5. The lowest BCUT2D eigenvalue weighted by Crippen LogP contribution is -2.51. The van der Waals surface area contributed by atoms with Crippen molar-refractivity contribution in [2.45, 2.75) is 32.4 Å². The number of hydrogen-bond donors (Lipinski definition) is 1. The Labute approximate surface area is 121 Å². The molecule has 1 aliphatic heterocycles. The molecule has 1 fully saturated rings. The second-order valence-corrected chi connectivity index (χ2v) is 5.69. The van der Waals surface area contributed by atoms with Crippen LogP contribution < -0.4 is 11.3 Å².